The van der Waals surface area contributed by atoms with Gasteiger partial charge >= 0.3 is 0 Å². The van der Waals surface area contributed by atoms with Gasteiger partial charge < -0.3 is 10.2 Å². The number of likely N-dealkylation sites (tertiary alicyclic amines) is 1. The molecule has 1 aromatic rings. The molecule has 1 aliphatic heterocycles. The summed E-state index contributed by atoms with van der Waals surface area (Å²) in [6.07, 6.45) is 14.2. The monoisotopic (exact) mass is 509 g/mol. The van der Waals surface area contributed by atoms with Crippen molar-refractivity contribution in [3.05, 3.63) is 47.8 Å². The van der Waals surface area contributed by atoms with E-state index in [9.17, 15) is 9.59 Å². The molecule has 0 aliphatic carbocycles. The van der Waals surface area contributed by atoms with Crippen molar-refractivity contribution >= 4 is 42.6 Å². The Balaban J connectivity index is 1.57. The lowest BCUT2D eigenvalue weighted by Gasteiger charge is -2.32. The van der Waals surface area contributed by atoms with Crippen LogP contribution in [-0.4, -0.2) is 50.3 Å². The normalized spacial score (nSPS) is 16.2. The first-order chi connectivity index (χ1) is 14.1. The van der Waals surface area contributed by atoms with E-state index in [1.165, 1.54) is 6.42 Å². The second-order valence-electron chi connectivity index (χ2n) is 7.34. The van der Waals surface area contributed by atoms with E-state index in [1.54, 1.807) is 24.5 Å². The van der Waals surface area contributed by atoms with Gasteiger partial charge in [-0.25, -0.2) is 0 Å². The van der Waals surface area contributed by atoms with Crippen molar-refractivity contribution in [2.45, 2.75) is 39.0 Å². The van der Waals surface area contributed by atoms with E-state index in [-0.39, 0.29) is 32.5 Å². The molecule has 0 unspecified atom stereocenters. The predicted molar refractivity (Wildman–Crippen MR) is 129 cm³/mol. The third-order valence-electron chi connectivity index (χ3n) is 5.13. The van der Waals surface area contributed by atoms with E-state index in [4.69, 9.17) is 0 Å². The fraction of sp³-hybridized carbons (Fsp3) is 0.478. The zero-order valence-corrected chi connectivity index (χ0v) is 19.6. The summed E-state index contributed by atoms with van der Waals surface area (Å²) < 4.78 is 2.15. The lowest BCUT2D eigenvalue weighted by atomic mass is 9.91. The zero-order valence-electron chi connectivity index (χ0n) is 17.4. The van der Waals surface area contributed by atoms with Gasteiger partial charge in [-0.05, 0) is 64.8 Å². The molecule has 1 aromatic heterocycles. The fourth-order valence-corrected chi connectivity index (χ4v) is 4.28. The number of rotatable bonds is 9. The number of alkyl halides is 1. The molecule has 1 fully saturated rings. The number of hydrogen-bond acceptors (Lipinski definition) is 3. The van der Waals surface area contributed by atoms with Crippen LogP contribution >= 0.6 is 20.7 Å². The first-order valence-corrected chi connectivity index (χ1v) is 13.6. The molecule has 29 heavy (non-hydrogen) atoms. The molecule has 0 radical (unpaired) electrons. The number of nitrogens with zero attached hydrogens (tertiary/aromatic N) is 2. The first-order valence-electron chi connectivity index (χ1n) is 10.2. The van der Waals surface area contributed by atoms with Crippen LogP contribution in [0.15, 0.2) is 42.3 Å². The first kappa shape index (κ1) is 23.4. The summed E-state index contributed by atoms with van der Waals surface area (Å²) in [7, 11) is 0. The Morgan fingerprint density at radius 3 is 2.79 bits per heavy atom. The van der Waals surface area contributed by atoms with Gasteiger partial charge in [-0.2, -0.15) is 0 Å². The maximum Gasteiger partial charge on any atom is 0.249 e. The Morgan fingerprint density at radius 1 is 1.31 bits per heavy atom. The van der Waals surface area contributed by atoms with Crippen LogP contribution in [0.3, 0.4) is 0 Å². The second-order valence-corrected chi connectivity index (χ2v) is 9.30. The summed E-state index contributed by atoms with van der Waals surface area (Å²) in [5.41, 5.74) is 1.78. The van der Waals surface area contributed by atoms with Crippen LogP contribution in [0.4, 0.5) is 0 Å². The van der Waals surface area contributed by atoms with Gasteiger partial charge in [0.2, 0.25) is 11.8 Å². The van der Waals surface area contributed by atoms with E-state index in [0.29, 0.717) is 12.5 Å². The quantitative estimate of drug-likeness (QED) is 0.237. The topological polar surface area (TPSA) is 62.3 Å². The number of hydrogen-bond donors (Lipinski definition) is 1. The van der Waals surface area contributed by atoms with Crippen LogP contribution in [0, 0.1) is 5.92 Å². The van der Waals surface area contributed by atoms with Crippen molar-refractivity contribution in [1.29, 1.82) is 0 Å². The molecule has 0 atom stereocenters. The number of unbranched alkanes of at least 4 members (excludes halogenated alkanes) is 1. The highest BCUT2D eigenvalue weighted by Crippen LogP contribution is 2.23. The van der Waals surface area contributed by atoms with Crippen molar-refractivity contribution in [2.75, 3.05) is 24.6 Å². The molecular weight excluding hydrogens is 477 g/mol. The molecule has 6 heteroatoms. The molecule has 158 valence electrons. The maximum atomic E-state index is 12.4. The number of nitrogens with one attached hydrogen (secondary N) is 1. The van der Waals surface area contributed by atoms with Crippen molar-refractivity contribution in [3.8, 4) is 0 Å². The van der Waals surface area contributed by atoms with Crippen LogP contribution in [0.1, 0.15) is 44.6 Å². The zero-order chi connectivity index (χ0) is 20.9. The molecule has 2 amide bonds. The van der Waals surface area contributed by atoms with Gasteiger partial charge in [0.05, 0.1) is 0 Å². The summed E-state index contributed by atoms with van der Waals surface area (Å²) in [5.74, 6) is 0.823. The van der Waals surface area contributed by atoms with E-state index in [2.05, 4.69) is 19.2 Å². The van der Waals surface area contributed by atoms with E-state index in [0.717, 1.165) is 49.9 Å². The van der Waals surface area contributed by atoms with Crippen molar-refractivity contribution in [3.63, 3.8) is 0 Å². The largest absolute Gasteiger partial charge is 0.353 e. The SMILES string of the molecule is CI=C/C=C(\C)C(=O)N1CCC(CCCCNC(=O)/C=C/c2cccnc2)CC1. The van der Waals surface area contributed by atoms with Gasteiger partial charge in [0.1, 0.15) is 0 Å². The average Bonchev–Trinajstić information content (AvgIpc) is 2.76. The average molecular weight is 509 g/mol. The number of allylic oxidation sites excluding steroid dienone is 1. The third kappa shape index (κ3) is 9.02. The van der Waals surface area contributed by atoms with Gasteiger partial charge in [-0.3, -0.25) is 14.6 Å². The summed E-state index contributed by atoms with van der Waals surface area (Å²) in [4.78, 5) is 32.5. The van der Waals surface area contributed by atoms with Crippen LogP contribution in [0.2, 0.25) is 0 Å². The molecule has 1 saturated heterocycles. The minimum atomic E-state index is -0.0634. The molecule has 0 bridgehead atoms. The molecule has 0 spiro atoms. The standard InChI is InChI=1S/C23H32IN3O2/c1-19(10-13-24-2)23(29)27-16-11-20(12-17-27)6-3-4-15-26-22(28)9-8-21-7-5-14-25-18-21/h5,7-10,13-14,18,20H,3-4,6,11-12,15-17H2,1-2H3,(H,26,28)/b9-8+,19-10+. The van der Waals surface area contributed by atoms with Crippen LogP contribution in [0.5, 0.6) is 0 Å². The molecule has 0 saturated carbocycles. The van der Waals surface area contributed by atoms with Gasteiger partial charge in [-0.15, -0.1) is 20.7 Å². The second kappa shape index (κ2) is 13.4. The van der Waals surface area contributed by atoms with E-state index in [1.807, 2.05) is 30.0 Å². The Bertz CT molecular complexity index is 736. The Labute approximate surface area is 184 Å². The summed E-state index contributed by atoms with van der Waals surface area (Å²) in [6.45, 7) is 4.36. The molecule has 2 heterocycles. The highest BCUT2D eigenvalue weighted by atomic mass is 127. The summed E-state index contributed by atoms with van der Waals surface area (Å²) in [6, 6.07) is 3.76. The van der Waals surface area contributed by atoms with Crippen LogP contribution in [-0.2, 0) is 9.59 Å². The number of amides is 2. The van der Waals surface area contributed by atoms with E-state index >= 15 is 0 Å². The Kier molecular flexibility index (Phi) is 10.8. The van der Waals surface area contributed by atoms with Gasteiger partial charge in [0.25, 0.3) is 0 Å². The fourth-order valence-electron chi connectivity index (χ4n) is 3.38. The number of aromatic nitrogens is 1. The number of halogens is 1. The van der Waals surface area contributed by atoms with Crippen LogP contribution < -0.4 is 5.32 Å². The molecule has 2 rings (SSSR count). The molecule has 1 aliphatic rings. The van der Waals surface area contributed by atoms with Gasteiger partial charge in [0.15, 0.2) is 0 Å². The number of carbonyl (C=O) groups excluding carboxylic acids is 2. The minimum Gasteiger partial charge on any atom is -0.353 e. The molecular formula is C23H32IN3O2. The lowest BCUT2D eigenvalue weighted by molar-refractivity contribution is -0.128. The summed E-state index contributed by atoms with van der Waals surface area (Å²) in [5, 5.41) is 2.94. The minimum absolute atomic E-state index is 0.0634. The lowest BCUT2D eigenvalue weighted by Crippen LogP contribution is -2.38. The van der Waals surface area contributed by atoms with Crippen molar-refractivity contribution in [1.82, 2.24) is 15.2 Å². The highest BCUT2D eigenvalue weighted by molar-refractivity contribution is 14.2. The Hall–Kier alpha value is -1.83. The van der Waals surface area contributed by atoms with Crippen molar-refractivity contribution in [2.24, 2.45) is 5.92 Å². The maximum absolute atomic E-state index is 12.4. The number of pyridine rings is 1. The Morgan fingerprint density at radius 2 is 2.10 bits per heavy atom. The molecule has 5 nitrogen and oxygen atoms in total. The predicted octanol–water partition coefficient (Wildman–Crippen LogP) is 3.97. The number of carbonyl (C=O) groups is 2. The van der Waals surface area contributed by atoms with Crippen LogP contribution in [0.25, 0.3) is 6.08 Å². The number of piperidine rings is 1. The van der Waals surface area contributed by atoms with Crippen molar-refractivity contribution < 1.29 is 9.59 Å². The van der Waals surface area contributed by atoms with Gasteiger partial charge in [0, 0.05) is 43.7 Å². The molecule has 1 N–H and O–H groups in total. The smallest absolute Gasteiger partial charge is 0.249 e. The van der Waals surface area contributed by atoms with E-state index < -0.39 is 0 Å². The summed E-state index contributed by atoms with van der Waals surface area (Å²) >= 11 is 0.0893. The molecule has 0 aromatic carbocycles. The van der Waals surface area contributed by atoms with Gasteiger partial charge in [-0.1, -0.05) is 18.9 Å². The third-order valence-corrected chi connectivity index (χ3v) is 6.21. The highest BCUT2D eigenvalue weighted by Gasteiger charge is 2.22.